The lowest BCUT2D eigenvalue weighted by Gasteiger charge is -1.97. The van der Waals surface area contributed by atoms with Crippen molar-refractivity contribution < 1.29 is 0 Å². The van der Waals surface area contributed by atoms with E-state index in [2.05, 4.69) is 15.4 Å². The summed E-state index contributed by atoms with van der Waals surface area (Å²) in [5.41, 5.74) is 0.910. The van der Waals surface area contributed by atoms with E-state index in [0.29, 0.717) is 16.6 Å². The molecule has 0 aliphatic carbocycles. The van der Waals surface area contributed by atoms with Crippen LogP contribution in [0.15, 0.2) is 12.3 Å². The Kier molecular flexibility index (Phi) is 3.08. The molecule has 5 nitrogen and oxygen atoms in total. The summed E-state index contributed by atoms with van der Waals surface area (Å²) in [6.45, 7) is 0.565. The summed E-state index contributed by atoms with van der Waals surface area (Å²) in [6, 6.07) is 3.89. The smallest absolute Gasteiger partial charge is 0.185 e. The molecule has 0 fully saturated rings. The molecule has 2 rings (SSSR count). The van der Waals surface area contributed by atoms with Gasteiger partial charge in [0, 0.05) is 13.2 Å². The predicted molar refractivity (Wildman–Crippen MR) is 62.4 cm³/mol. The van der Waals surface area contributed by atoms with E-state index in [-0.39, 0.29) is 5.15 Å². The molecule has 0 atom stereocenters. The van der Waals surface area contributed by atoms with E-state index in [4.69, 9.17) is 16.9 Å². The van der Waals surface area contributed by atoms with E-state index < -0.39 is 0 Å². The van der Waals surface area contributed by atoms with Gasteiger partial charge in [-0.25, -0.2) is 4.98 Å². The fourth-order valence-electron chi connectivity index (χ4n) is 1.17. The van der Waals surface area contributed by atoms with Crippen molar-refractivity contribution in [3.8, 4) is 6.07 Å². The quantitative estimate of drug-likeness (QED) is 0.909. The van der Waals surface area contributed by atoms with E-state index in [1.165, 1.54) is 11.3 Å². The van der Waals surface area contributed by atoms with Crippen LogP contribution in [0, 0.1) is 11.3 Å². The maximum atomic E-state index is 8.71. The van der Waals surface area contributed by atoms with Crippen molar-refractivity contribution in [3.63, 3.8) is 0 Å². The van der Waals surface area contributed by atoms with Gasteiger partial charge in [0.25, 0.3) is 0 Å². The number of hydrogen-bond donors (Lipinski definition) is 1. The Labute approximate surface area is 101 Å². The number of thiazole rings is 1. The standard InChI is InChI=1S/C9H8ClN5S/c1-15-3-2-6(14-15)5-12-9-13-8(10)7(4-11)16-9/h2-3H,5H2,1H3,(H,12,13). The van der Waals surface area contributed by atoms with Crippen LogP contribution in [-0.2, 0) is 13.6 Å². The van der Waals surface area contributed by atoms with Crippen LogP contribution in [0.5, 0.6) is 0 Å². The molecule has 0 saturated carbocycles. The third-order valence-electron chi connectivity index (χ3n) is 1.88. The Balaban J connectivity index is 2.02. The lowest BCUT2D eigenvalue weighted by Crippen LogP contribution is -2.00. The SMILES string of the molecule is Cn1ccc(CNc2nc(Cl)c(C#N)s2)n1. The van der Waals surface area contributed by atoms with Crippen LogP contribution in [0.2, 0.25) is 5.15 Å². The highest BCUT2D eigenvalue weighted by Gasteiger charge is 2.08. The summed E-state index contributed by atoms with van der Waals surface area (Å²) in [7, 11) is 1.86. The van der Waals surface area contributed by atoms with Crippen LogP contribution >= 0.6 is 22.9 Å². The number of nitrogens with one attached hydrogen (secondary N) is 1. The maximum absolute atomic E-state index is 8.71. The van der Waals surface area contributed by atoms with Crippen LogP contribution in [0.4, 0.5) is 5.13 Å². The number of rotatable bonds is 3. The number of aromatic nitrogens is 3. The monoisotopic (exact) mass is 253 g/mol. The molecule has 7 heteroatoms. The highest BCUT2D eigenvalue weighted by Crippen LogP contribution is 2.25. The molecule has 0 radical (unpaired) electrons. The van der Waals surface area contributed by atoms with Crippen LogP contribution in [0.3, 0.4) is 0 Å². The van der Waals surface area contributed by atoms with Crippen LogP contribution in [-0.4, -0.2) is 14.8 Å². The largest absolute Gasteiger partial charge is 0.356 e. The van der Waals surface area contributed by atoms with Crippen LogP contribution in [0.1, 0.15) is 10.6 Å². The molecule has 1 N–H and O–H groups in total. The van der Waals surface area contributed by atoms with Crippen molar-refractivity contribution >= 4 is 28.1 Å². The van der Waals surface area contributed by atoms with Crippen molar-refractivity contribution in [2.24, 2.45) is 7.05 Å². The fourth-order valence-corrected chi connectivity index (χ4v) is 2.11. The number of anilines is 1. The summed E-state index contributed by atoms with van der Waals surface area (Å²) in [5, 5.41) is 16.9. The molecule has 2 heterocycles. The van der Waals surface area contributed by atoms with E-state index in [9.17, 15) is 0 Å². The molecule has 0 unspecified atom stereocenters. The van der Waals surface area contributed by atoms with Gasteiger partial charge in [0.2, 0.25) is 0 Å². The van der Waals surface area contributed by atoms with E-state index in [0.717, 1.165) is 5.69 Å². The molecule has 0 aliphatic rings. The normalized spacial score (nSPS) is 10.1. The molecule has 16 heavy (non-hydrogen) atoms. The number of hydrogen-bond acceptors (Lipinski definition) is 5. The van der Waals surface area contributed by atoms with Gasteiger partial charge in [-0.2, -0.15) is 10.4 Å². The molecule has 0 spiro atoms. The molecule has 2 aromatic rings. The first-order valence-corrected chi connectivity index (χ1v) is 5.67. The van der Waals surface area contributed by atoms with Gasteiger partial charge in [0.15, 0.2) is 10.3 Å². The van der Waals surface area contributed by atoms with Crippen LogP contribution in [0.25, 0.3) is 0 Å². The van der Waals surface area contributed by atoms with Gasteiger partial charge in [-0.15, -0.1) is 0 Å². The molecule has 82 valence electrons. The van der Waals surface area contributed by atoms with Crippen molar-refractivity contribution in [1.29, 1.82) is 5.26 Å². The minimum Gasteiger partial charge on any atom is -0.356 e. The Bertz CT molecular complexity index is 538. The Morgan fingerprint density at radius 2 is 2.50 bits per heavy atom. The lowest BCUT2D eigenvalue weighted by molar-refractivity contribution is 0.747. The summed E-state index contributed by atoms with van der Waals surface area (Å²) in [5.74, 6) is 0. The summed E-state index contributed by atoms with van der Waals surface area (Å²) < 4.78 is 1.73. The van der Waals surface area contributed by atoms with Gasteiger partial charge < -0.3 is 5.32 Å². The number of halogens is 1. The second-order valence-electron chi connectivity index (χ2n) is 3.09. The van der Waals surface area contributed by atoms with Crippen molar-refractivity contribution in [3.05, 3.63) is 28.0 Å². The zero-order chi connectivity index (χ0) is 11.5. The number of nitriles is 1. The van der Waals surface area contributed by atoms with Gasteiger partial charge in [-0.1, -0.05) is 22.9 Å². The Hall–Kier alpha value is -1.58. The topological polar surface area (TPSA) is 66.5 Å². The third-order valence-corrected chi connectivity index (χ3v) is 3.18. The second-order valence-corrected chi connectivity index (χ2v) is 4.44. The van der Waals surface area contributed by atoms with Crippen molar-refractivity contribution in [2.75, 3.05) is 5.32 Å². The average molecular weight is 254 g/mol. The first kappa shape index (κ1) is 10.9. The second kappa shape index (κ2) is 4.51. The molecule has 0 saturated heterocycles. The zero-order valence-corrected chi connectivity index (χ0v) is 10.0. The molecule has 0 bridgehead atoms. The van der Waals surface area contributed by atoms with Gasteiger partial charge in [-0.05, 0) is 6.07 Å². The number of aryl methyl sites for hydroxylation is 1. The third kappa shape index (κ3) is 2.32. The van der Waals surface area contributed by atoms with Crippen molar-refractivity contribution in [1.82, 2.24) is 14.8 Å². The van der Waals surface area contributed by atoms with Crippen molar-refractivity contribution in [2.45, 2.75) is 6.54 Å². The average Bonchev–Trinajstić information content (AvgIpc) is 2.82. The first-order chi connectivity index (χ1) is 7.69. The highest BCUT2D eigenvalue weighted by atomic mass is 35.5. The minimum absolute atomic E-state index is 0.246. The van der Waals surface area contributed by atoms with E-state index in [1.54, 1.807) is 4.68 Å². The van der Waals surface area contributed by atoms with Gasteiger partial charge in [-0.3, -0.25) is 4.68 Å². The Morgan fingerprint density at radius 1 is 1.69 bits per heavy atom. The lowest BCUT2D eigenvalue weighted by atomic mass is 10.4. The zero-order valence-electron chi connectivity index (χ0n) is 8.44. The summed E-state index contributed by atoms with van der Waals surface area (Å²) in [6.07, 6.45) is 1.87. The summed E-state index contributed by atoms with van der Waals surface area (Å²) >= 11 is 6.98. The van der Waals surface area contributed by atoms with Gasteiger partial charge >= 0.3 is 0 Å². The number of nitrogens with zero attached hydrogens (tertiary/aromatic N) is 4. The maximum Gasteiger partial charge on any atom is 0.185 e. The minimum atomic E-state index is 0.246. The predicted octanol–water partition coefficient (Wildman–Crippen LogP) is 2.01. The molecular weight excluding hydrogens is 246 g/mol. The van der Waals surface area contributed by atoms with Crippen LogP contribution < -0.4 is 5.32 Å². The summed E-state index contributed by atoms with van der Waals surface area (Å²) in [4.78, 5) is 4.44. The fraction of sp³-hybridized carbons (Fsp3) is 0.222. The van der Waals surface area contributed by atoms with E-state index >= 15 is 0 Å². The molecule has 0 amide bonds. The molecule has 0 aromatic carbocycles. The van der Waals surface area contributed by atoms with Gasteiger partial charge in [0.05, 0.1) is 12.2 Å². The highest BCUT2D eigenvalue weighted by molar-refractivity contribution is 7.16. The van der Waals surface area contributed by atoms with Gasteiger partial charge in [0.1, 0.15) is 10.9 Å². The molecule has 2 aromatic heterocycles. The Morgan fingerprint density at radius 3 is 3.06 bits per heavy atom. The van der Waals surface area contributed by atoms with E-state index in [1.807, 2.05) is 25.4 Å². The first-order valence-electron chi connectivity index (χ1n) is 4.48. The molecular formula is C9H8ClN5S. The molecule has 0 aliphatic heterocycles.